The predicted octanol–water partition coefficient (Wildman–Crippen LogP) is 2.88. The topological polar surface area (TPSA) is 80.8 Å². The largest absolute Gasteiger partial charge is 0.497 e. The van der Waals surface area contributed by atoms with Gasteiger partial charge in [-0.15, -0.1) is 0 Å². The predicted molar refractivity (Wildman–Crippen MR) is 125 cm³/mol. The van der Waals surface area contributed by atoms with Gasteiger partial charge in [0.2, 0.25) is 11.8 Å². The van der Waals surface area contributed by atoms with Gasteiger partial charge >= 0.3 is 0 Å². The Labute approximate surface area is 193 Å². The second-order valence-corrected chi connectivity index (χ2v) is 7.89. The Balaban J connectivity index is 1.55. The lowest BCUT2D eigenvalue weighted by Gasteiger charge is -2.35. The number of hydrogen-bond donors (Lipinski definition) is 1. The summed E-state index contributed by atoms with van der Waals surface area (Å²) in [7, 11) is 3.15. The van der Waals surface area contributed by atoms with Crippen molar-refractivity contribution in [3.05, 3.63) is 78.1 Å². The van der Waals surface area contributed by atoms with Crippen molar-refractivity contribution >= 4 is 11.8 Å². The number of aromatic nitrogens is 1. The molecule has 1 N–H and O–H groups in total. The van der Waals surface area contributed by atoms with Crippen LogP contribution in [0.3, 0.4) is 0 Å². The van der Waals surface area contributed by atoms with Crippen LogP contribution in [0.2, 0.25) is 0 Å². The zero-order valence-corrected chi connectivity index (χ0v) is 18.8. The van der Waals surface area contributed by atoms with E-state index in [0.717, 1.165) is 22.3 Å². The van der Waals surface area contributed by atoms with Crippen LogP contribution in [0.4, 0.5) is 0 Å². The highest BCUT2D eigenvalue weighted by Gasteiger charge is 2.33. The lowest BCUT2D eigenvalue weighted by atomic mass is 9.97. The van der Waals surface area contributed by atoms with Crippen molar-refractivity contribution in [2.24, 2.45) is 0 Å². The maximum absolute atomic E-state index is 13.3. The first-order valence-corrected chi connectivity index (χ1v) is 10.9. The molecule has 0 saturated carbocycles. The molecular weight excluding hydrogens is 418 g/mol. The Morgan fingerprint density at radius 3 is 2.64 bits per heavy atom. The van der Waals surface area contributed by atoms with E-state index in [1.54, 1.807) is 49.7 Å². The van der Waals surface area contributed by atoms with Crippen LogP contribution >= 0.6 is 0 Å². The molecule has 1 unspecified atom stereocenters. The van der Waals surface area contributed by atoms with Gasteiger partial charge in [-0.2, -0.15) is 0 Å². The van der Waals surface area contributed by atoms with E-state index < -0.39 is 6.04 Å². The molecule has 0 spiro atoms. The second-order valence-electron chi connectivity index (χ2n) is 7.89. The molecule has 7 heteroatoms. The van der Waals surface area contributed by atoms with E-state index >= 15 is 0 Å². The fourth-order valence-corrected chi connectivity index (χ4v) is 4.15. The van der Waals surface area contributed by atoms with E-state index in [-0.39, 0.29) is 18.2 Å². The molecule has 4 rings (SSSR count). The SMILES string of the molecule is COc1ccc(OC)c(CC(=O)N2CCNC(=O)C2Cc2cccc(-c3ccncc3)c2)c1. The minimum Gasteiger partial charge on any atom is -0.497 e. The summed E-state index contributed by atoms with van der Waals surface area (Å²) in [5.74, 6) is 1.01. The monoisotopic (exact) mass is 445 g/mol. The molecule has 7 nitrogen and oxygen atoms in total. The van der Waals surface area contributed by atoms with Crippen LogP contribution in [0.5, 0.6) is 11.5 Å². The van der Waals surface area contributed by atoms with E-state index in [1.165, 1.54) is 0 Å². The Hall–Kier alpha value is -3.87. The van der Waals surface area contributed by atoms with Crippen molar-refractivity contribution in [1.82, 2.24) is 15.2 Å². The third-order valence-corrected chi connectivity index (χ3v) is 5.85. The lowest BCUT2D eigenvalue weighted by molar-refractivity contribution is -0.142. The number of piperazine rings is 1. The van der Waals surface area contributed by atoms with Gasteiger partial charge in [0.25, 0.3) is 0 Å². The number of pyridine rings is 1. The highest BCUT2D eigenvalue weighted by atomic mass is 16.5. The van der Waals surface area contributed by atoms with Gasteiger partial charge in [-0.05, 0) is 47.0 Å². The Morgan fingerprint density at radius 1 is 1.06 bits per heavy atom. The fraction of sp³-hybridized carbons (Fsp3) is 0.269. The van der Waals surface area contributed by atoms with Gasteiger partial charge < -0.3 is 19.7 Å². The van der Waals surface area contributed by atoms with Gasteiger partial charge in [0.1, 0.15) is 17.5 Å². The molecule has 0 bridgehead atoms. The number of nitrogens with zero attached hydrogens (tertiary/aromatic N) is 2. The third-order valence-electron chi connectivity index (χ3n) is 5.85. The van der Waals surface area contributed by atoms with E-state index in [0.29, 0.717) is 31.0 Å². The van der Waals surface area contributed by atoms with E-state index in [9.17, 15) is 9.59 Å². The third kappa shape index (κ3) is 5.14. The summed E-state index contributed by atoms with van der Waals surface area (Å²) >= 11 is 0. The number of amides is 2. The summed E-state index contributed by atoms with van der Waals surface area (Å²) in [6.45, 7) is 0.902. The number of benzene rings is 2. The average Bonchev–Trinajstić information content (AvgIpc) is 2.86. The van der Waals surface area contributed by atoms with Crippen molar-refractivity contribution in [1.29, 1.82) is 0 Å². The molecule has 1 aromatic heterocycles. The summed E-state index contributed by atoms with van der Waals surface area (Å²) < 4.78 is 10.7. The van der Waals surface area contributed by atoms with Gasteiger partial charge in [-0.3, -0.25) is 14.6 Å². The molecule has 3 aromatic rings. The van der Waals surface area contributed by atoms with Gasteiger partial charge in [-0.1, -0.05) is 24.3 Å². The van der Waals surface area contributed by atoms with Crippen LogP contribution in [-0.4, -0.2) is 55.0 Å². The van der Waals surface area contributed by atoms with Crippen molar-refractivity contribution in [3.8, 4) is 22.6 Å². The Morgan fingerprint density at radius 2 is 1.88 bits per heavy atom. The number of carbonyl (C=O) groups excluding carboxylic acids is 2. The maximum atomic E-state index is 13.3. The highest BCUT2D eigenvalue weighted by molar-refractivity contribution is 5.90. The summed E-state index contributed by atoms with van der Waals surface area (Å²) in [5.41, 5.74) is 3.82. The van der Waals surface area contributed by atoms with Crippen LogP contribution in [0.25, 0.3) is 11.1 Å². The molecule has 1 aliphatic heterocycles. The van der Waals surface area contributed by atoms with Gasteiger partial charge in [0, 0.05) is 37.5 Å². The maximum Gasteiger partial charge on any atom is 0.243 e. The number of ether oxygens (including phenoxy) is 2. The molecular formula is C26H27N3O4. The number of rotatable bonds is 7. The first kappa shape index (κ1) is 22.3. The average molecular weight is 446 g/mol. The molecule has 2 heterocycles. The zero-order chi connectivity index (χ0) is 23.2. The lowest BCUT2D eigenvalue weighted by Crippen LogP contribution is -2.58. The van der Waals surface area contributed by atoms with Crippen LogP contribution in [0.1, 0.15) is 11.1 Å². The summed E-state index contributed by atoms with van der Waals surface area (Å²) in [6, 6.07) is 16.7. The van der Waals surface area contributed by atoms with E-state index in [1.807, 2.05) is 30.3 Å². The van der Waals surface area contributed by atoms with E-state index in [2.05, 4.69) is 16.4 Å². The van der Waals surface area contributed by atoms with E-state index in [4.69, 9.17) is 9.47 Å². The minimum atomic E-state index is -0.574. The van der Waals surface area contributed by atoms with Crippen molar-refractivity contribution in [2.45, 2.75) is 18.9 Å². The first-order valence-electron chi connectivity index (χ1n) is 10.9. The molecule has 170 valence electrons. The Bertz CT molecular complexity index is 1130. The molecule has 1 aliphatic rings. The molecule has 1 saturated heterocycles. The highest BCUT2D eigenvalue weighted by Crippen LogP contribution is 2.26. The number of carbonyl (C=O) groups is 2. The van der Waals surface area contributed by atoms with Gasteiger partial charge in [-0.25, -0.2) is 0 Å². The molecule has 2 amide bonds. The van der Waals surface area contributed by atoms with Crippen molar-refractivity contribution in [3.63, 3.8) is 0 Å². The van der Waals surface area contributed by atoms with Crippen LogP contribution < -0.4 is 14.8 Å². The van der Waals surface area contributed by atoms with Crippen molar-refractivity contribution in [2.75, 3.05) is 27.3 Å². The van der Waals surface area contributed by atoms with Gasteiger partial charge in [0.05, 0.1) is 20.6 Å². The molecule has 1 atom stereocenters. The Kier molecular flexibility index (Phi) is 6.88. The minimum absolute atomic E-state index is 0.119. The molecule has 0 aliphatic carbocycles. The number of nitrogens with one attached hydrogen (secondary N) is 1. The van der Waals surface area contributed by atoms with Crippen LogP contribution in [0, 0.1) is 0 Å². The summed E-state index contributed by atoms with van der Waals surface area (Å²) in [5, 5.41) is 2.90. The fourth-order valence-electron chi connectivity index (χ4n) is 4.15. The molecule has 0 radical (unpaired) electrons. The van der Waals surface area contributed by atoms with Crippen molar-refractivity contribution < 1.29 is 19.1 Å². The first-order chi connectivity index (χ1) is 16.1. The molecule has 1 fully saturated rings. The van der Waals surface area contributed by atoms with Gasteiger partial charge in [0.15, 0.2) is 0 Å². The molecule has 33 heavy (non-hydrogen) atoms. The molecule has 2 aromatic carbocycles. The smallest absolute Gasteiger partial charge is 0.243 e. The summed E-state index contributed by atoms with van der Waals surface area (Å²) in [6.07, 6.45) is 4.07. The second kappa shape index (κ2) is 10.2. The van der Waals surface area contributed by atoms with Crippen LogP contribution in [-0.2, 0) is 22.4 Å². The number of hydrogen-bond acceptors (Lipinski definition) is 5. The quantitative estimate of drug-likeness (QED) is 0.605. The summed E-state index contributed by atoms with van der Waals surface area (Å²) in [4.78, 5) is 31.8. The van der Waals surface area contributed by atoms with Crippen LogP contribution in [0.15, 0.2) is 67.0 Å². The standard InChI is InChI=1S/C26H27N3O4/c1-32-22-6-7-24(33-2)21(16-22)17-25(30)29-13-12-28-26(31)23(29)15-18-4-3-5-20(14-18)19-8-10-27-11-9-19/h3-11,14,16,23H,12-13,15,17H2,1-2H3,(H,28,31). The number of methoxy groups -OCH3 is 2. The normalized spacial score (nSPS) is 15.6. The zero-order valence-electron chi connectivity index (χ0n) is 18.8.